The van der Waals surface area contributed by atoms with Crippen LogP contribution in [0.5, 0.6) is 11.6 Å². The van der Waals surface area contributed by atoms with Crippen molar-refractivity contribution in [2.75, 3.05) is 6.61 Å². The number of benzene rings is 2. The fraction of sp³-hybridized carbons (Fsp3) is 0.419. The maximum absolute atomic E-state index is 15.0. The summed E-state index contributed by atoms with van der Waals surface area (Å²) < 4.78 is 41.6. The van der Waals surface area contributed by atoms with E-state index in [1.54, 1.807) is 0 Å². The van der Waals surface area contributed by atoms with Gasteiger partial charge >= 0.3 is 0 Å². The average molecular weight is 554 g/mol. The van der Waals surface area contributed by atoms with E-state index in [1.165, 1.54) is 23.6 Å². The number of aryl methyl sites for hydroxylation is 2. The van der Waals surface area contributed by atoms with Crippen LogP contribution >= 0.6 is 0 Å². The number of nitrogens with zero attached hydrogens (tertiary/aromatic N) is 1. The van der Waals surface area contributed by atoms with Gasteiger partial charge in [0.05, 0.1) is 18.8 Å². The van der Waals surface area contributed by atoms with Crippen LogP contribution in [0.1, 0.15) is 53.0 Å². The van der Waals surface area contributed by atoms with E-state index >= 15 is 0 Å². The van der Waals surface area contributed by atoms with Crippen molar-refractivity contribution in [3.05, 3.63) is 76.0 Å². The number of pyridine rings is 1. The summed E-state index contributed by atoms with van der Waals surface area (Å²) in [6.45, 7) is 3.23. The molecule has 212 valence electrons. The first-order valence-electron chi connectivity index (χ1n) is 13.5. The van der Waals surface area contributed by atoms with E-state index in [-0.39, 0.29) is 37.3 Å². The van der Waals surface area contributed by atoms with Crippen molar-refractivity contribution >= 4 is 6.47 Å². The van der Waals surface area contributed by atoms with Crippen LogP contribution in [0.25, 0.3) is 11.1 Å². The second-order valence-electron chi connectivity index (χ2n) is 11.0. The van der Waals surface area contributed by atoms with Crippen molar-refractivity contribution in [1.82, 2.24) is 4.98 Å². The van der Waals surface area contributed by atoms with Crippen LogP contribution in [-0.4, -0.2) is 45.6 Å². The highest BCUT2D eigenvalue weighted by atomic mass is 19.1. The first-order valence-corrected chi connectivity index (χ1v) is 13.5. The van der Waals surface area contributed by atoms with Gasteiger partial charge < -0.3 is 24.8 Å². The van der Waals surface area contributed by atoms with Gasteiger partial charge in [-0.2, -0.15) is 0 Å². The normalized spacial score (nSPS) is 22.6. The number of aliphatic hydroxyl groups is 2. The number of hydrogen-bond acceptors (Lipinski definition) is 6. The molecule has 0 saturated heterocycles. The van der Waals surface area contributed by atoms with E-state index in [0.29, 0.717) is 41.5 Å². The van der Waals surface area contributed by atoms with E-state index in [4.69, 9.17) is 24.5 Å². The molecular weight excluding hydrogens is 520 g/mol. The predicted molar refractivity (Wildman–Crippen MR) is 143 cm³/mol. The number of hydrogen-bond donors (Lipinski definition) is 3. The Morgan fingerprint density at radius 3 is 2.45 bits per heavy atom. The molecule has 0 bridgehead atoms. The first-order chi connectivity index (χ1) is 19.2. The molecule has 40 heavy (non-hydrogen) atoms. The molecule has 3 aromatic rings. The Morgan fingerprint density at radius 2 is 1.77 bits per heavy atom. The number of aliphatic hydroxyl groups excluding tert-OH is 2. The molecule has 1 aromatic heterocycles. The fourth-order valence-electron chi connectivity index (χ4n) is 6.03. The number of rotatable bonds is 8. The zero-order valence-electron chi connectivity index (χ0n) is 22.4. The number of carboxylic acid groups (broad SMARTS) is 1. The van der Waals surface area contributed by atoms with Crippen LogP contribution in [0.3, 0.4) is 0 Å². The fourth-order valence-corrected chi connectivity index (χ4v) is 6.03. The Hall–Kier alpha value is -3.56. The second kappa shape index (κ2) is 11.5. The van der Waals surface area contributed by atoms with Gasteiger partial charge in [0.25, 0.3) is 6.47 Å². The number of halogens is 2. The molecule has 3 N–H and O–H groups in total. The largest absolute Gasteiger partial charge is 0.490 e. The summed E-state index contributed by atoms with van der Waals surface area (Å²) in [6.07, 6.45) is 4.80. The zero-order chi connectivity index (χ0) is 28.6. The van der Waals surface area contributed by atoms with Crippen LogP contribution in [0.15, 0.2) is 36.5 Å². The summed E-state index contributed by atoms with van der Waals surface area (Å²) >= 11 is 0. The Labute approximate surface area is 231 Å². The third-order valence-corrected chi connectivity index (χ3v) is 8.26. The minimum Gasteiger partial charge on any atom is -0.490 e. The highest BCUT2D eigenvalue weighted by molar-refractivity contribution is 5.73. The monoisotopic (exact) mass is 553 g/mol. The zero-order valence-corrected chi connectivity index (χ0v) is 22.4. The van der Waals surface area contributed by atoms with Gasteiger partial charge in [0.15, 0.2) is 0 Å². The lowest BCUT2D eigenvalue weighted by Crippen LogP contribution is -2.41. The first kappa shape index (κ1) is 28.0. The van der Waals surface area contributed by atoms with E-state index in [1.807, 2.05) is 38.2 Å². The molecule has 3 unspecified atom stereocenters. The summed E-state index contributed by atoms with van der Waals surface area (Å²) in [4.78, 5) is 12.8. The van der Waals surface area contributed by atoms with Crippen molar-refractivity contribution in [2.45, 2.75) is 64.3 Å². The highest BCUT2D eigenvalue weighted by Gasteiger charge is 2.45. The Kier molecular flexibility index (Phi) is 8.05. The van der Waals surface area contributed by atoms with Gasteiger partial charge in [0, 0.05) is 29.5 Å². The topological polar surface area (TPSA) is 109 Å². The Morgan fingerprint density at radius 1 is 1.07 bits per heavy atom. The van der Waals surface area contributed by atoms with Crippen molar-refractivity contribution in [2.24, 2.45) is 11.8 Å². The lowest BCUT2D eigenvalue weighted by atomic mass is 9.78. The second-order valence-corrected chi connectivity index (χ2v) is 11.0. The Bertz CT molecular complexity index is 1380. The molecule has 0 amide bonds. The van der Waals surface area contributed by atoms with Gasteiger partial charge in [-0.05, 0) is 103 Å². The number of aromatic nitrogens is 1. The van der Waals surface area contributed by atoms with Gasteiger partial charge in [0.2, 0.25) is 5.88 Å². The average Bonchev–Trinajstić information content (AvgIpc) is 3.56. The predicted octanol–water partition coefficient (Wildman–Crippen LogP) is 5.09. The SMILES string of the molecule is Cc1cc(OC2CC(C(O)CO)C2)cc(C)c1-c1cc(COc2cc3c(cn2)C2CC2C3)c(F)cc1F.O=CO. The summed E-state index contributed by atoms with van der Waals surface area (Å²) in [7, 11) is 0. The van der Waals surface area contributed by atoms with Crippen LogP contribution in [0, 0.1) is 37.3 Å². The van der Waals surface area contributed by atoms with Crippen LogP contribution < -0.4 is 9.47 Å². The Balaban J connectivity index is 0.00000103. The molecular formula is C31H33F2NO6. The molecule has 7 nitrogen and oxygen atoms in total. The van der Waals surface area contributed by atoms with Crippen molar-refractivity contribution in [3.63, 3.8) is 0 Å². The molecule has 0 radical (unpaired) electrons. The van der Waals surface area contributed by atoms with Crippen LogP contribution in [-0.2, 0) is 17.8 Å². The third kappa shape index (κ3) is 5.67. The van der Waals surface area contributed by atoms with Crippen LogP contribution in [0.2, 0.25) is 0 Å². The highest BCUT2D eigenvalue weighted by Crippen LogP contribution is 2.56. The lowest BCUT2D eigenvalue weighted by Gasteiger charge is -2.37. The molecule has 2 saturated carbocycles. The maximum Gasteiger partial charge on any atom is 0.290 e. The molecule has 3 atom stereocenters. The van der Waals surface area contributed by atoms with E-state index in [9.17, 15) is 13.9 Å². The molecule has 3 aliphatic carbocycles. The lowest BCUT2D eigenvalue weighted by molar-refractivity contribution is -0.122. The molecule has 0 spiro atoms. The maximum atomic E-state index is 15.0. The van der Waals surface area contributed by atoms with E-state index in [2.05, 4.69) is 4.98 Å². The molecule has 9 heteroatoms. The van der Waals surface area contributed by atoms with Crippen molar-refractivity contribution < 1.29 is 38.4 Å². The van der Waals surface area contributed by atoms with E-state index < -0.39 is 17.7 Å². The van der Waals surface area contributed by atoms with Crippen molar-refractivity contribution in [3.8, 4) is 22.8 Å². The smallest absolute Gasteiger partial charge is 0.290 e. The molecule has 1 heterocycles. The third-order valence-electron chi connectivity index (χ3n) is 8.26. The van der Waals surface area contributed by atoms with E-state index in [0.717, 1.165) is 29.5 Å². The summed E-state index contributed by atoms with van der Waals surface area (Å²) in [5.74, 6) is 1.30. The molecule has 2 aromatic carbocycles. The van der Waals surface area contributed by atoms with Crippen molar-refractivity contribution in [1.29, 1.82) is 0 Å². The van der Waals surface area contributed by atoms with Gasteiger partial charge in [-0.25, -0.2) is 13.8 Å². The summed E-state index contributed by atoms with van der Waals surface area (Å²) in [6, 6.07) is 8.11. The summed E-state index contributed by atoms with van der Waals surface area (Å²) in [5.41, 5.74) is 5.49. The number of ether oxygens (including phenoxy) is 2. The van der Waals surface area contributed by atoms with Gasteiger partial charge in [-0.3, -0.25) is 4.79 Å². The van der Waals surface area contributed by atoms with Crippen LogP contribution in [0.4, 0.5) is 8.78 Å². The minimum absolute atomic E-state index is 0.0271. The van der Waals surface area contributed by atoms with Gasteiger partial charge in [-0.1, -0.05) is 0 Å². The quantitative estimate of drug-likeness (QED) is 0.333. The molecule has 3 aliphatic rings. The summed E-state index contributed by atoms with van der Waals surface area (Å²) in [5, 5.41) is 25.7. The standard InChI is InChI=1S/C30H31F2NO4.CH2O2/c1-15-3-21(37-22-6-19(7-22)28(35)13-34)4-16(2)30(15)24-9-20(26(31)11-27(24)32)14-36-29-10-18-5-17-8-23(17)25(18)12-33-29;2-1-3/h3-4,9-12,17,19,22-23,28,34-35H,5-8,13-14H2,1-2H3;1H,(H,2,3). The molecule has 6 rings (SSSR count). The molecule has 0 aliphatic heterocycles. The number of fused-ring (bicyclic) bond motifs is 3. The number of carbonyl (C=O) groups is 1. The molecule has 2 fully saturated rings. The van der Waals surface area contributed by atoms with Gasteiger partial charge in [0.1, 0.15) is 24.0 Å². The van der Waals surface area contributed by atoms with Gasteiger partial charge in [-0.15, -0.1) is 0 Å². The minimum atomic E-state index is -0.714.